The van der Waals surface area contributed by atoms with Crippen LogP contribution in [0.1, 0.15) is 0 Å². The maximum absolute atomic E-state index is 12.5. The quantitative estimate of drug-likeness (QED) is 0.874. The molecule has 0 radical (unpaired) electrons. The van der Waals surface area contributed by atoms with Crippen LogP contribution < -0.4 is 10.1 Å². The lowest BCUT2D eigenvalue weighted by molar-refractivity contribution is 0.355. The van der Waals surface area contributed by atoms with Crippen LogP contribution in [-0.2, 0) is 10.0 Å². The molecule has 1 aliphatic rings. The largest absolute Gasteiger partial charge is 0.495 e. The van der Waals surface area contributed by atoms with Crippen LogP contribution in [0.3, 0.4) is 0 Å². The van der Waals surface area contributed by atoms with Gasteiger partial charge in [-0.25, -0.2) is 8.42 Å². The summed E-state index contributed by atoms with van der Waals surface area (Å²) in [4.78, 5) is 0.210. The Kier molecular flexibility index (Phi) is 6.07. The van der Waals surface area contributed by atoms with Gasteiger partial charge in [0, 0.05) is 30.7 Å². The van der Waals surface area contributed by atoms with Crippen molar-refractivity contribution in [3.8, 4) is 5.75 Å². The molecule has 0 bridgehead atoms. The Bertz CT molecular complexity index is 533. The van der Waals surface area contributed by atoms with Crippen LogP contribution in [0.15, 0.2) is 27.6 Å². The predicted octanol–water partition coefficient (Wildman–Crippen LogP) is 1.47. The van der Waals surface area contributed by atoms with Gasteiger partial charge < -0.3 is 10.1 Å². The topological polar surface area (TPSA) is 58.6 Å². The summed E-state index contributed by atoms with van der Waals surface area (Å²) in [5.74, 6) is 0.372. The SMILES string of the molecule is COc1ccc(Br)cc1S(=O)(=O)N1CCNCC1.Cl. The first-order chi connectivity index (χ1) is 8.55. The third kappa shape index (κ3) is 3.61. The molecule has 0 aromatic heterocycles. The van der Waals surface area contributed by atoms with Gasteiger partial charge in [-0.2, -0.15) is 4.31 Å². The third-order valence-corrected chi connectivity index (χ3v) is 5.23. The molecule has 5 nitrogen and oxygen atoms in total. The lowest BCUT2D eigenvalue weighted by atomic mass is 10.3. The van der Waals surface area contributed by atoms with E-state index in [-0.39, 0.29) is 17.3 Å². The van der Waals surface area contributed by atoms with Gasteiger partial charge in [0.25, 0.3) is 0 Å². The number of piperazine rings is 1. The molecule has 0 atom stereocenters. The van der Waals surface area contributed by atoms with Crippen molar-refractivity contribution in [2.45, 2.75) is 4.90 Å². The standard InChI is InChI=1S/C11H15BrN2O3S.ClH/c1-17-10-3-2-9(12)8-11(10)18(15,16)14-6-4-13-5-7-14;/h2-3,8,13H,4-7H2,1H3;1H. The van der Waals surface area contributed by atoms with Gasteiger partial charge in [0.15, 0.2) is 0 Å². The van der Waals surface area contributed by atoms with Crippen LogP contribution in [0.4, 0.5) is 0 Å². The van der Waals surface area contributed by atoms with E-state index >= 15 is 0 Å². The van der Waals surface area contributed by atoms with Crippen molar-refractivity contribution in [2.75, 3.05) is 33.3 Å². The Balaban J connectivity index is 0.00000180. The van der Waals surface area contributed by atoms with Crippen molar-refractivity contribution in [1.82, 2.24) is 9.62 Å². The highest BCUT2D eigenvalue weighted by Gasteiger charge is 2.28. The fraction of sp³-hybridized carbons (Fsp3) is 0.455. The van der Waals surface area contributed by atoms with Crippen LogP contribution in [-0.4, -0.2) is 46.0 Å². The number of hydrogen-bond acceptors (Lipinski definition) is 4. The Hall–Kier alpha value is -0.340. The summed E-state index contributed by atoms with van der Waals surface area (Å²) < 4.78 is 32.4. The van der Waals surface area contributed by atoms with Crippen molar-refractivity contribution in [3.05, 3.63) is 22.7 Å². The molecule has 1 aromatic carbocycles. The summed E-state index contributed by atoms with van der Waals surface area (Å²) in [6.07, 6.45) is 0. The average molecular weight is 372 g/mol. The van der Waals surface area contributed by atoms with Gasteiger partial charge in [0.05, 0.1) is 7.11 Å². The predicted molar refractivity (Wildman–Crippen MR) is 79.6 cm³/mol. The monoisotopic (exact) mass is 370 g/mol. The van der Waals surface area contributed by atoms with E-state index in [0.717, 1.165) is 4.47 Å². The summed E-state index contributed by atoms with van der Waals surface area (Å²) >= 11 is 3.29. The van der Waals surface area contributed by atoms with E-state index in [2.05, 4.69) is 21.2 Å². The van der Waals surface area contributed by atoms with Crippen molar-refractivity contribution in [3.63, 3.8) is 0 Å². The van der Waals surface area contributed by atoms with E-state index in [9.17, 15) is 8.42 Å². The molecule has 1 aromatic rings. The number of sulfonamides is 1. The summed E-state index contributed by atoms with van der Waals surface area (Å²) in [6, 6.07) is 4.99. The molecule has 108 valence electrons. The molecule has 0 saturated carbocycles. The zero-order valence-corrected chi connectivity index (χ0v) is 13.6. The molecule has 19 heavy (non-hydrogen) atoms. The Morgan fingerprint density at radius 1 is 1.32 bits per heavy atom. The molecular weight excluding hydrogens is 356 g/mol. The Morgan fingerprint density at radius 2 is 1.95 bits per heavy atom. The minimum atomic E-state index is -3.49. The molecule has 1 N–H and O–H groups in total. The number of rotatable bonds is 3. The molecule has 0 amide bonds. The lowest BCUT2D eigenvalue weighted by Gasteiger charge is -2.27. The van der Waals surface area contributed by atoms with Gasteiger partial charge in [0.1, 0.15) is 10.6 Å². The first-order valence-corrected chi connectivity index (χ1v) is 7.83. The van der Waals surface area contributed by atoms with Crippen molar-refractivity contribution in [1.29, 1.82) is 0 Å². The molecule has 1 fully saturated rings. The zero-order valence-electron chi connectivity index (χ0n) is 10.4. The summed E-state index contributed by atoms with van der Waals surface area (Å²) in [7, 11) is -2.02. The molecule has 0 unspecified atom stereocenters. The summed E-state index contributed by atoms with van der Waals surface area (Å²) in [5, 5.41) is 3.13. The summed E-state index contributed by atoms with van der Waals surface area (Å²) in [5.41, 5.74) is 0. The molecular formula is C11H16BrClN2O3S. The van der Waals surface area contributed by atoms with Crippen molar-refractivity contribution >= 4 is 38.4 Å². The molecule has 0 spiro atoms. The highest BCUT2D eigenvalue weighted by Crippen LogP contribution is 2.29. The maximum Gasteiger partial charge on any atom is 0.246 e. The minimum Gasteiger partial charge on any atom is -0.495 e. The van der Waals surface area contributed by atoms with Crippen LogP contribution >= 0.6 is 28.3 Å². The van der Waals surface area contributed by atoms with Crippen LogP contribution in [0.25, 0.3) is 0 Å². The van der Waals surface area contributed by atoms with E-state index in [1.165, 1.54) is 11.4 Å². The van der Waals surface area contributed by atoms with E-state index < -0.39 is 10.0 Å². The number of methoxy groups -OCH3 is 1. The van der Waals surface area contributed by atoms with E-state index in [1.807, 2.05) is 0 Å². The van der Waals surface area contributed by atoms with E-state index in [1.54, 1.807) is 18.2 Å². The van der Waals surface area contributed by atoms with Gasteiger partial charge >= 0.3 is 0 Å². The van der Waals surface area contributed by atoms with Gasteiger partial charge in [-0.1, -0.05) is 15.9 Å². The number of halogens is 2. The minimum absolute atomic E-state index is 0. The second kappa shape index (κ2) is 6.90. The highest BCUT2D eigenvalue weighted by molar-refractivity contribution is 9.10. The molecule has 8 heteroatoms. The maximum atomic E-state index is 12.5. The Morgan fingerprint density at radius 3 is 2.53 bits per heavy atom. The number of ether oxygens (including phenoxy) is 1. The number of nitrogens with one attached hydrogen (secondary N) is 1. The van der Waals surface area contributed by atoms with E-state index in [4.69, 9.17) is 4.74 Å². The summed E-state index contributed by atoms with van der Waals surface area (Å²) in [6.45, 7) is 2.32. The van der Waals surface area contributed by atoms with Gasteiger partial charge in [-0.15, -0.1) is 12.4 Å². The normalized spacial score (nSPS) is 16.7. The van der Waals surface area contributed by atoms with Crippen molar-refractivity contribution in [2.24, 2.45) is 0 Å². The lowest BCUT2D eigenvalue weighted by Crippen LogP contribution is -2.46. The third-order valence-electron chi connectivity index (χ3n) is 2.82. The fourth-order valence-corrected chi connectivity index (χ4v) is 4.01. The van der Waals surface area contributed by atoms with E-state index in [0.29, 0.717) is 31.9 Å². The van der Waals surface area contributed by atoms with Gasteiger partial charge in [-0.05, 0) is 18.2 Å². The molecule has 1 saturated heterocycles. The molecule has 2 rings (SSSR count). The second-order valence-corrected chi connectivity index (χ2v) is 6.77. The van der Waals surface area contributed by atoms with Crippen LogP contribution in [0, 0.1) is 0 Å². The van der Waals surface area contributed by atoms with Crippen LogP contribution in [0.5, 0.6) is 5.75 Å². The molecule has 1 heterocycles. The molecule has 0 aliphatic carbocycles. The molecule has 1 aliphatic heterocycles. The first kappa shape index (κ1) is 16.7. The number of nitrogens with zero attached hydrogens (tertiary/aromatic N) is 1. The Labute approximate surface area is 127 Å². The van der Waals surface area contributed by atoms with Gasteiger partial charge in [-0.3, -0.25) is 0 Å². The number of hydrogen-bond donors (Lipinski definition) is 1. The van der Waals surface area contributed by atoms with Gasteiger partial charge in [0.2, 0.25) is 10.0 Å². The smallest absolute Gasteiger partial charge is 0.246 e. The average Bonchev–Trinajstić information content (AvgIpc) is 2.39. The zero-order chi connectivity index (χ0) is 13.2. The highest BCUT2D eigenvalue weighted by atomic mass is 79.9. The fourth-order valence-electron chi connectivity index (χ4n) is 1.88. The van der Waals surface area contributed by atoms with Crippen molar-refractivity contribution < 1.29 is 13.2 Å². The first-order valence-electron chi connectivity index (χ1n) is 5.60. The number of benzene rings is 1. The second-order valence-electron chi connectivity index (χ2n) is 3.95. The van der Waals surface area contributed by atoms with Crippen LogP contribution in [0.2, 0.25) is 0 Å².